The number of carbonyl (C=O) groups is 3. The van der Waals surface area contributed by atoms with Gasteiger partial charge < -0.3 is 23.9 Å². The van der Waals surface area contributed by atoms with Crippen molar-refractivity contribution in [2.45, 2.75) is 71.0 Å². The Bertz CT molecular complexity index is 1670. The molecule has 47 heavy (non-hydrogen) atoms. The number of esters is 1. The number of hydrogen-bond donors (Lipinski definition) is 3. The van der Waals surface area contributed by atoms with Crippen LogP contribution in [-0.2, 0) is 38.8 Å². The first-order valence-corrected chi connectivity index (χ1v) is 15.5. The quantitative estimate of drug-likeness (QED) is 0.115. The third kappa shape index (κ3) is 8.76. The van der Waals surface area contributed by atoms with E-state index in [0.29, 0.717) is 53.1 Å². The van der Waals surface area contributed by atoms with Crippen molar-refractivity contribution in [1.29, 1.82) is 0 Å². The predicted molar refractivity (Wildman–Crippen MR) is 174 cm³/mol. The number of hydrogen-bond acceptors (Lipinski definition) is 7. The molecule has 1 aromatic heterocycles. The first kappa shape index (κ1) is 33.2. The van der Waals surface area contributed by atoms with Gasteiger partial charge in [0.2, 0.25) is 0 Å². The molecule has 0 radical (unpaired) electrons. The van der Waals surface area contributed by atoms with Gasteiger partial charge >= 0.3 is 18.2 Å². The van der Waals surface area contributed by atoms with E-state index < -0.39 is 36.2 Å². The molecule has 0 bridgehead atoms. The lowest BCUT2D eigenvalue weighted by molar-refractivity contribution is -0.160. The van der Waals surface area contributed by atoms with Gasteiger partial charge in [0.15, 0.2) is 0 Å². The monoisotopic (exact) mass is 643 g/mol. The molecule has 2 unspecified atom stereocenters. The summed E-state index contributed by atoms with van der Waals surface area (Å²) in [4.78, 5) is 37.9. The third-order valence-corrected chi connectivity index (χ3v) is 7.83. The molecule has 0 saturated carbocycles. The van der Waals surface area contributed by atoms with Gasteiger partial charge in [-0.25, -0.2) is 14.0 Å². The van der Waals surface area contributed by atoms with E-state index in [2.05, 4.69) is 10.6 Å². The molecular formula is C36H38FN3O7. The Kier molecular flexibility index (Phi) is 10.9. The number of cyclic esters (lactones) is 1. The molecule has 246 valence electrons. The lowest BCUT2D eigenvalue weighted by Crippen LogP contribution is -2.33. The summed E-state index contributed by atoms with van der Waals surface area (Å²) in [6.45, 7) is 4.00. The van der Waals surface area contributed by atoms with Crippen LogP contribution in [0.5, 0.6) is 0 Å². The van der Waals surface area contributed by atoms with Crippen LogP contribution in [0.15, 0.2) is 84.9 Å². The van der Waals surface area contributed by atoms with Crippen LogP contribution in [0.2, 0.25) is 0 Å². The summed E-state index contributed by atoms with van der Waals surface area (Å²) in [6, 6.07) is 23.7. The molecule has 1 fully saturated rings. The van der Waals surface area contributed by atoms with Crippen molar-refractivity contribution in [2.75, 3.05) is 10.6 Å². The van der Waals surface area contributed by atoms with E-state index in [1.54, 1.807) is 60.7 Å². The van der Waals surface area contributed by atoms with Crippen LogP contribution in [0.25, 0.3) is 11.3 Å². The first-order valence-electron chi connectivity index (χ1n) is 15.5. The summed E-state index contributed by atoms with van der Waals surface area (Å²) < 4.78 is 33.1. The van der Waals surface area contributed by atoms with E-state index >= 15 is 0 Å². The number of para-hydroxylation sites is 2. The van der Waals surface area contributed by atoms with E-state index in [1.807, 2.05) is 30.5 Å². The Morgan fingerprint density at radius 3 is 1.98 bits per heavy atom. The minimum Gasteiger partial charge on any atom is -0.462 e. The SMILES string of the molecule is CC(C)c1c(COC(=O)Nc2ccccc2)c(COC(=O)Nc2ccccc2)c(-c2ccc(F)cc2)n1CCC1CC(O)CC(=O)O1. The number of aliphatic hydroxyl groups excluding tert-OH is 1. The molecule has 2 heterocycles. The molecule has 3 N–H and O–H groups in total. The fourth-order valence-corrected chi connectivity index (χ4v) is 5.83. The smallest absolute Gasteiger partial charge is 0.411 e. The van der Waals surface area contributed by atoms with E-state index in [1.165, 1.54) is 12.1 Å². The van der Waals surface area contributed by atoms with Gasteiger partial charge in [-0.15, -0.1) is 0 Å². The molecule has 11 heteroatoms. The maximum Gasteiger partial charge on any atom is 0.411 e. The number of anilines is 2. The summed E-state index contributed by atoms with van der Waals surface area (Å²) in [5.41, 5.74) is 4.44. The summed E-state index contributed by atoms with van der Waals surface area (Å²) in [7, 11) is 0. The highest BCUT2D eigenvalue weighted by molar-refractivity contribution is 5.85. The van der Waals surface area contributed by atoms with Crippen molar-refractivity contribution in [2.24, 2.45) is 0 Å². The molecule has 10 nitrogen and oxygen atoms in total. The largest absolute Gasteiger partial charge is 0.462 e. The Morgan fingerprint density at radius 2 is 1.45 bits per heavy atom. The molecule has 1 aliphatic heterocycles. The van der Waals surface area contributed by atoms with Crippen LogP contribution in [0.1, 0.15) is 55.8 Å². The number of aliphatic hydroxyl groups is 1. The lowest BCUT2D eigenvalue weighted by atomic mass is 10.0. The number of nitrogens with one attached hydrogen (secondary N) is 2. The number of ether oxygens (including phenoxy) is 3. The molecule has 2 amide bonds. The fraction of sp³-hybridized carbons (Fsp3) is 0.306. The van der Waals surface area contributed by atoms with Crippen molar-refractivity contribution in [1.82, 2.24) is 4.57 Å². The fourth-order valence-electron chi connectivity index (χ4n) is 5.83. The summed E-state index contributed by atoms with van der Waals surface area (Å²) in [6.07, 6.45) is -2.00. The number of halogens is 1. The summed E-state index contributed by atoms with van der Waals surface area (Å²) >= 11 is 0. The van der Waals surface area contributed by atoms with E-state index in [9.17, 15) is 23.9 Å². The van der Waals surface area contributed by atoms with Crippen LogP contribution in [0.3, 0.4) is 0 Å². The predicted octanol–water partition coefficient (Wildman–Crippen LogP) is 7.37. The molecule has 0 aliphatic carbocycles. The van der Waals surface area contributed by atoms with Crippen LogP contribution >= 0.6 is 0 Å². The van der Waals surface area contributed by atoms with Crippen LogP contribution < -0.4 is 10.6 Å². The van der Waals surface area contributed by atoms with Gasteiger partial charge in [-0.3, -0.25) is 15.4 Å². The zero-order valence-corrected chi connectivity index (χ0v) is 26.3. The van der Waals surface area contributed by atoms with Crippen LogP contribution in [0.4, 0.5) is 25.4 Å². The van der Waals surface area contributed by atoms with Gasteiger partial charge in [-0.1, -0.05) is 50.2 Å². The zero-order valence-electron chi connectivity index (χ0n) is 26.3. The van der Waals surface area contributed by atoms with Crippen LogP contribution in [-0.4, -0.2) is 40.0 Å². The highest BCUT2D eigenvalue weighted by atomic mass is 19.1. The minimum atomic E-state index is -0.786. The Labute approximate surface area is 272 Å². The van der Waals surface area contributed by atoms with Gasteiger partial charge in [-0.2, -0.15) is 0 Å². The number of aromatic nitrogens is 1. The van der Waals surface area contributed by atoms with Crippen molar-refractivity contribution in [3.8, 4) is 11.3 Å². The number of carbonyl (C=O) groups excluding carboxylic acids is 3. The standard InChI is InChI=1S/C36H38FN3O7/c1-23(2)33-30(21-45-35(43)38-26-9-5-3-6-10-26)31(22-46-36(44)39-27-11-7-4-8-12-27)34(24-13-15-25(37)16-14-24)40(33)18-17-29-19-28(41)20-32(42)47-29/h3-16,23,28-29,41H,17-22H2,1-2H3,(H,38,43)(H,39,44). The third-order valence-electron chi connectivity index (χ3n) is 7.83. The molecule has 5 rings (SSSR count). The normalized spacial score (nSPS) is 16.0. The lowest BCUT2D eigenvalue weighted by Gasteiger charge is -2.27. The minimum absolute atomic E-state index is 0.0445. The van der Waals surface area contributed by atoms with Gasteiger partial charge in [-0.05, 0) is 60.0 Å². The highest BCUT2D eigenvalue weighted by Gasteiger charge is 2.30. The summed E-state index contributed by atoms with van der Waals surface area (Å²) in [5, 5.41) is 15.6. The molecule has 1 aliphatic rings. The molecule has 2 atom stereocenters. The van der Waals surface area contributed by atoms with Gasteiger partial charge in [0.25, 0.3) is 0 Å². The molecular weight excluding hydrogens is 605 g/mol. The van der Waals surface area contributed by atoms with Gasteiger partial charge in [0.1, 0.15) is 25.1 Å². The molecule has 4 aromatic rings. The number of nitrogens with zero attached hydrogens (tertiary/aromatic N) is 1. The van der Waals surface area contributed by atoms with E-state index in [-0.39, 0.29) is 25.6 Å². The van der Waals surface area contributed by atoms with Crippen molar-refractivity contribution in [3.63, 3.8) is 0 Å². The second kappa shape index (κ2) is 15.4. The first-order chi connectivity index (χ1) is 22.7. The Morgan fingerprint density at radius 1 is 0.894 bits per heavy atom. The Balaban J connectivity index is 1.52. The van der Waals surface area contributed by atoms with Gasteiger partial charge in [0, 0.05) is 47.6 Å². The Hall–Kier alpha value is -5.16. The van der Waals surface area contributed by atoms with E-state index in [4.69, 9.17) is 14.2 Å². The van der Waals surface area contributed by atoms with Crippen molar-refractivity contribution < 1.29 is 38.1 Å². The van der Waals surface area contributed by atoms with Crippen LogP contribution in [0, 0.1) is 5.82 Å². The topological polar surface area (TPSA) is 128 Å². The second-order valence-corrected chi connectivity index (χ2v) is 11.6. The average molecular weight is 644 g/mol. The maximum absolute atomic E-state index is 14.1. The zero-order chi connectivity index (χ0) is 33.3. The highest BCUT2D eigenvalue weighted by Crippen LogP contribution is 2.38. The number of amides is 2. The average Bonchev–Trinajstić information content (AvgIpc) is 3.36. The number of benzene rings is 3. The van der Waals surface area contributed by atoms with Gasteiger partial charge in [0.05, 0.1) is 18.2 Å². The summed E-state index contributed by atoms with van der Waals surface area (Å²) in [5.74, 6) is -0.974. The number of rotatable bonds is 11. The molecule has 0 spiro atoms. The van der Waals surface area contributed by atoms with Crippen molar-refractivity contribution >= 4 is 29.5 Å². The van der Waals surface area contributed by atoms with E-state index in [0.717, 1.165) is 5.69 Å². The second-order valence-electron chi connectivity index (χ2n) is 11.6. The molecule has 3 aromatic carbocycles. The van der Waals surface area contributed by atoms with Crippen molar-refractivity contribution in [3.05, 3.63) is 108 Å². The maximum atomic E-state index is 14.1. The molecule has 1 saturated heterocycles.